The van der Waals surface area contributed by atoms with Crippen LogP contribution in [0.4, 0.5) is 5.82 Å². The van der Waals surface area contributed by atoms with Crippen molar-refractivity contribution in [2.45, 2.75) is 20.3 Å². The molecule has 0 atom stereocenters. The summed E-state index contributed by atoms with van der Waals surface area (Å²) in [7, 11) is -1.16. The second kappa shape index (κ2) is 8.97. The quantitative estimate of drug-likeness (QED) is 0.346. The molecule has 1 aromatic carbocycles. The van der Waals surface area contributed by atoms with Crippen molar-refractivity contribution < 1.29 is 13.6 Å². The number of rotatable bonds is 9. The first-order valence-electron chi connectivity index (χ1n) is 9.10. The number of H-pyrrole nitrogens is 1. The summed E-state index contributed by atoms with van der Waals surface area (Å²) in [5, 5.41) is 1.67. The number of aromatic amines is 1. The van der Waals surface area contributed by atoms with Crippen molar-refractivity contribution in [1.29, 1.82) is 0 Å². The van der Waals surface area contributed by atoms with E-state index in [1.54, 1.807) is 13.8 Å². The number of nitrogens with zero attached hydrogens (tertiary/aromatic N) is 3. The fourth-order valence-electron chi connectivity index (χ4n) is 3.13. The first kappa shape index (κ1) is 21.3. The molecule has 28 heavy (non-hydrogen) atoms. The predicted octanol–water partition coefficient (Wildman–Crippen LogP) is 5.51. The van der Waals surface area contributed by atoms with E-state index in [0.29, 0.717) is 48.7 Å². The molecule has 2 aromatic heterocycles. The smallest absolute Gasteiger partial charge is 0.330 e. The molecule has 10 heteroatoms. The third-order valence-corrected chi connectivity index (χ3v) is 6.87. The maximum atomic E-state index is 12.6. The Morgan fingerprint density at radius 2 is 1.89 bits per heavy atom. The van der Waals surface area contributed by atoms with Gasteiger partial charge in [-0.15, -0.1) is 0 Å². The second-order valence-electron chi connectivity index (χ2n) is 6.30. The fourth-order valence-corrected chi connectivity index (χ4v) is 5.12. The maximum absolute atomic E-state index is 12.6. The molecule has 0 aliphatic rings. The Labute approximate surface area is 173 Å². The number of hydrogen-bond acceptors (Lipinski definition) is 6. The summed E-state index contributed by atoms with van der Waals surface area (Å²) in [6.07, 6.45) is 0.951. The lowest BCUT2D eigenvalue weighted by atomic mass is 10.2. The fraction of sp³-hybridized carbons (Fsp3) is 0.444. The van der Waals surface area contributed by atoms with E-state index in [9.17, 15) is 4.57 Å². The van der Waals surface area contributed by atoms with Crippen molar-refractivity contribution in [3.63, 3.8) is 0 Å². The van der Waals surface area contributed by atoms with Crippen LogP contribution in [0.25, 0.3) is 21.9 Å². The Hall–Kier alpha value is -1.37. The molecule has 7 nitrogen and oxygen atoms in total. The SMILES string of the molecule is CCOP(=O)(CCCN(C)c1nc(Cl)nc2c1[nH]c1ccc(Cl)cc12)OCC. The van der Waals surface area contributed by atoms with E-state index in [-0.39, 0.29) is 5.28 Å². The van der Waals surface area contributed by atoms with Gasteiger partial charge < -0.3 is 18.9 Å². The standard InChI is InChI=1S/C18H23Cl2N4O3P/c1-4-26-28(25,27-5-2)10-6-9-24(3)17-16-15(22-18(20)23-17)13-11-12(19)7-8-14(13)21-16/h7-8,11,21H,4-6,9-10H2,1-3H3. The van der Waals surface area contributed by atoms with E-state index in [4.69, 9.17) is 32.2 Å². The normalized spacial score (nSPS) is 12.2. The lowest BCUT2D eigenvalue weighted by molar-refractivity contribution is 0.220. The van der Waals surface area contributed by atoms with E-state index in [2.05, 4.69) is 15.0 Å². The number of benzene rings is 1. The summed E-state index contributed by atoms with van der Waals surface area (Å²) in [6.45, 7) is 4.92. The predicted molar refractivity (Wildman–Crippen MR) is 115 cm³/mol. The Kier molecular flexibility index (Phi) is 6.84. The number of halogens is 2. The third kappa shape index (κ3) is 4.61. The summed E-state index contributed by atoms with van der Waals surface area (Å²) < 4.78 is 23.3. The van der Waals surface area contributed by atoms with Gasteiger partial charge in [0.2, 0.25) is 5.28 Å². The molecule has 2 heterocycles. The molecule has 0 fully saturated rings. The van der Waals surface area contributed by atoms with Gasteiger partial charge in [-0.1, -0.05) is 11.6 Å². The van der Waals surface area contributed by atoms with Gasteiger partial charge in [0.25, 0.3) is 0 Å². The molecule has 0 radical (unpaired) electrons. The minimum Gasteiger partial charge on any atom is -0.358 e. The van der Waals surface area contributed by atoms with Crippen molar-refractivity contribution in [3.05, 3.63) is 28.5 Å². The minimum absolute atomic E-state index is 0.157. The summed E-state index contributed by atoms with van der Waals surface area (Å²) >= 11 is 12.3. The average molecular weight is 445 g/mol. The molecule has 0 unspecified atom stereocenters. The maximum Gasteiger partial charge on any atom is 0.330 e. The zero-order valence-corrected chi connectivity index (χ0v) is 18.4. The van der Waals surface area contributed by atoms with Crippen LogP contribution < -0.4 is 4.90 Å². The van der Waals surface area contributed by atoms with Gasteiger partial charge in [-0.05, 0) is 50.1 Å². The van der Waals surface area contributed by atoms with Crippen LogP contribution in [0.15, 0.2) is 18.2 Å². The highest BCUT2D eigenvalue weighted by Crippen LogP contribution is 2.48. The summed E-state index contributed by atoms with van der Waals surface area (Å²) in [5.74, 6) is 0.671. The summed E-state index contributed by atoms with van der Waals surface area (Å²) in [6, 6.07) is 5.57. The molecule has 0 bridgehead atoms. The van der Waals surface area contributed by atoms with Crippen LogP contribution in [-0.2, 0) is 13.6 Å². The van der Waals surface area contributed by atoms with Gasteiger partial charge in [-0.25, -0.2) is 4.98 Å². The minimum atomic E-state index is -3.06. The van der Waals surface area contributed by atoms with Gasteiger partial charge in [-0.3, -0.25) is 4.57 Å². The number of anilines is 1. The topological polar surface area (TPSA) is 80.3 Å². The first-order chi connectivity index (χ1) is 13.4. The average Bonchev–Trinajstić information content (AvgIpc) is 2.99. The van der Waals surface area contributed by atoms with Crippen LogP contribution in [0.2, 0.25) is 10.3 Å². The van der Waals surface area contributed by atoms with E-state index >= 15 is 0 Å². The van der Waals surface area contributed by atoms with Gasteiger partial charge in [0.15, 0.2) is 5.82 Å². The lowest BCUT2D eigenvalue weighted by Gasteiger charge is -2.21. The largest absolute Gasteiger partial charge is 0.358 e. The molecule has 0 saturated carbocycles. The van der Waals surface area contributed by atoms with Gasteiger partial charge in [0.05, 0.1) is 19.4 Å². The lowest BCUT2D eigenvalue weighted by Crippen LogP contribution is -2.21. The molecule has 0 aliphatic carbocycles. The number of nitrogens with one attached hydrogen (secondary N) is 1. The summed E-state index contributed by atoms with van der Waals surface area (Å²) in [4.78, 5) is 14.1. The number of aromatic nitrogens is 3. The van der Waals surface area contributed by atoms with E-state index in [0.717, 1.165) is 16.4 Å². The van der Waals surface area contributed by atoms with Crippen molar-refractivity contribution in [2.24, 2.45) is 0 Å². The van der Waals surface area contributed by atoms with Crippen LogP contribution in [0, 0.1) is 0 Å². The van der Waals surface area contributed by atoms with Crippen LogP contribution >= 0.6 is 30.8 Å². The number of hydrogen-bond donors (Lipinski definition) is 1. The van der Waals surface area contributed by atoms with Crippen molar-refractivity contribution in [1.82, 2.24) is 15.0 Å². The molecular weight excluding hydrogens is 422 g/mol. The summed E-state index contributed by atoms with van der Waals surface area (Å²) in [5.41, 5.74) is 2.40. The monoisotopic (exact) mass is 444 g/mol. The van der Waals surface area contributed by atoms with Crippen LogP contribution in [0.3, 0.4) is 0 Å². The molecular formula is C18H23Cl2N4O3P. The van der Waals surface area contributed by atoms with Crippen LogP contribution in [-0.4, -0.2) is 47.9 Å². The van der Waals surface area contributed by atoms with Gasteiger partial charge in [0, 0.05) is 29.5 Å². The van der Waals surface area contributed by atoms with Crippen LogP contribution in [0.5, 0.6) is 0 Å². The molecule has 0 spiro atoms. The Bertz CT molecular complexity index is 1020. The van der Waals surface area contributed by atoms with Gasteiger partial charge >= 0.3 is 7.60 Å². The molecule has 0 saturated heterocycles. The van der Waals surface area contributed by atoms with Crippen molar-refractivity contribution in [3.8, 4) is 0 Å². The van der Waals surface area contributed by atoms with E-state index in [1.807, 2.05) is 30.1 Å². The first-order valence-corrected chi connectivity index (χ1v) is 11.6. The highest BCUT2D eigenvalue weighted by molar-refractivity contribution is 7.53. The highest BCUT2D eigenvalue weighted by atomic mass is 35.5. The van der Waals surface area contributed by atoms with Crippen LogP contribution in [0.1, 0.15) is 20.3 Å². The molecule has 0 aliphatic heterocycles. The Morgan fingerprint density at radius 3 is 2.57 bits per heavy atom. The Morgan fingerprint density at radius 1 is 1.18 bits per heavy atom. The molecule has 3 aromatic rings. The zero-order valence-electron chi connectivity index (χ0n) is 16.0. The van der Waals surface area contributed by atoms with Crippen molar-refractivity contribution >= 4 is 58.6 Å². The second-order valence-corrected chi connectivity index (χ2v) is 9.26. The van der Waals surface area contributed by atoms with E-state index < -0.39 is 7.60 Å². The zero-order chi connectivity index (χ0) is 20.3. The van der Waals surface area contributed by atoms with E-state index in [1.165, 1.54) is 0 Å². The van der Waals surface area contributed by atoms with Gasteiger partial charge in [0.1, 0.15) is 11.0 Å². The highest BCUT2D eigenvalue weighted by Gasteiger charge is 2.23. The van der Waals surface area contributed by atoms with Gasteiger partial charge in [-0.2, -0.15) is 4.98 Å². The number of fused-ring (bicyclic) bond motifs is 3. The molecule has 3 rings (SSSR count). The molecule has 0 amide bonds. The molecule has 1 N–H and O–H groups in total. The Balaban J connectivity index is 1.84. The molecule has 152 valence electrons. The third-order valence-electron chi connectivity index (χ3n) is 4.30. The van der Waals surface area contributed by atoms with Crippen molar-refractivity contribution in [2.75, 3.05) is 37.9 Å².